The van der Waals surface area contributed by atoms with Crippen molar-refractivity contribution in [3.05, 3.63) is 64.8 Å². The zero-order valence-electron chi connectivity index (χ0n) is 11.3. The highest BCUT2D eigenvalue weighted by Gasteiger charge is 2.23. The summed E-state index contributed by atoms with van der Waals surface area (Å²) in [4.78, 5) is 16.6. The molecule has 1 aliphatic heterocycles. The molecule has 110 valence electrons. The topological polar surface area (TPSA) is 61.7 Å². The molecular formula is C16H11FN2O2S. The first-order valence-electron chi connectivity index (χ1n) is 6.44. The van der Waals surface area contributed by atoms with Crippen LogP contribution in [0.3, 0.4) is 0 Å². The molecule has 1 saturated heterocycles. The van der Waals surface area contributed by atoms with Gasteiger partial charge in [-0.15, -0.1) is 0 Å². The van der Waals surface area contributed by atoms with E-state index in [9.17, 15) is 14.3 Å². The van der Waals surface area contributed by atoms with Crippen LogP contribution < -0.4 is 5.32 Å². The summed E-state index contributed by atoms with van der Waals surface area (Å²) >= 11 is 1.17. The van der Waals surface area contributed by atoms with E-state index in [1.54, 1.807) is 36.4 Å². The Labute approximate surface area is 130 Å². The number of amidine groups is 1. The van der Waals surface area contributed by atoms with E-state index in [4.69, 9.17) is 0 Å². The summed E-state index contributed by atoms with van der Waals surface area (Å²) in [6.07, 6.45) is 1.61. The third-order valence-corrected chi connectivity index (χ3v) is 3.77. The van der Waals surface area contributed by atoms with Crippen molar-refractivity contribution in [2.24, 2.45) is 4.99 Å². The van der Waals surface area contributed by atoms with Gasteiger partial charge in [0.15, 0.2) is 5.17 Å². The van der Waals surface area contributed by atoms with Crippen LogP contribution >= 0.6 is 11.8 Å². The number of hydrogen-bond donors (Lipinski definition) is 2. The van der Waals surface area contributed by atoms with Crippen LogP contribution in [0.4, 0.5) is 10.1 Å². The van der Waals surface area contributed by atoms with Crippen molar-refractivity contribution < 1.29 is 14.3 Å². The molecule has 0 unspecified atom stereocenters. The number of benzene rings is 2. The van der Waals surface area contributed by atoms with Crippen LogP contribution in [-0.2, 0) is 4.79 Å². The minimum atomic E-state index is -0.355. The fraction of sp³-hybridized carbons (Fsp3) is 0. The van der Waals surface area contributed by atoms with E-state index in [1.807, 2.05) is 0 Å². The van der Waals surface area contributed by atoms with Gasteiger partial charge in [0.2, 0.25) is 0 Å². The maximum absolute atomic E-state index is 13.2. The molecule has 1 fully saturated rings. The normalized spacial score (nSPS) is 18.0. The molecule has 0 bridgehead atoms. The van der Waals surface area contributed by atoms with Crippen molar-refractivity contribution in [3.8, 4) is 5.75 Å². The largest absolute Gasteiger partial charge is 0.508 e. The van der Waals surface area contributed by atoms with E-state index in [1.165, 1.54) is 30.0 Å². The molecule has 22 heavy (non-hydrogen) atoms. The predicted molar refractivity (Wildman–Crippen MR) is 85.3 cm³/mol. The van der Waals surface area contributed by atoms with Crippen LogP contribution in [0.5, 0.6) is 5.75 Å². The van der Waals surface area contributed by atoms with E-state index in [2.05, 4.69) is 10.3 Å². The number of halogens is 1. The van der Waals surface area contributed by atoms with Gasteiger partial charge in [-0.3, -0.25) is 4.79 Å². The Bertz CT molecular complexity index is 802. The molecule has 6 heteroatoms. The van der Waals surface area contributed by atoms with Crippen molar-refractivity contribution in [1.82, 2.24) is 5.32 Å². The van der Waals surface area contributed by atoms with Gasteiger partial charge in [0, 0.05) is 6.07 Å². The van der Waals surface area contributed by atoms with Gasteiger partial charge in [0.25, 0.3) is 5.91 Å². The molecule has 1 heterocycles. The second kappa shape index (κ2) is 6.03. The van der Waals surface area contributed by atoms with Crippen LogP contribution in [0.1, 0.15) is 5.56 Å². The molecule has 3 rings (SSSR count). The summed E-state index contributed by atoms with van der Waals surface area (Å²) < 4.78 is 13.2. The first-order valence-corrected chi connectivity index (χ1v) is 7.26. The molecule has 4 nitrogen and oxygen atoms in total. The third-order valence-electron chi connectivity index (χ3n) is 2.86. The molecule has 0 spiro atoms. The zero-order chi connectivity index (χ0) is 15.5. The lowest BCUT2D eigenvalue weighted by Crippen LogP contribution is -2.19. The van der Waals surface area contributed by atoms with E-state index >= 15 is 0 Å². The Morgan fingerprint density at radius 2 is 2.00 bits per heavy atom. The number of phenolic OH excluding ortho intramolecular Hbond substituents is 1. The van der Waals surface area contributed by atoms with Gasteiger partial charge in [-0.25, -0.2) is 9.38 Å². The minimum Gasteiger partial charge on any atom is -0.508 e. The lowest BCUT2D eigenvalue weighted by Gasteiger charge is -1.97. The molecule has 1 aliphatic rings. The maximum Gasteiger partial charge on any atom is 0.264 e. The highest BCUT2D eigenvalue weighted by molar-refractivity contribution is 8.18. The summed E-state index contributed by atoms with van der Waals surface area (Å²) in [6.45, 7) is 0. The Morgan fingerprint density at radius 1 is 1.18 bits per heavy atom. The summed E-state index contributed by atoms with van der Waals surface area (Å²) in [7, 11) is 0. The fourth-order valence-electron chi connectivity index (χ4n) is 1.91. The highest BCUT2D eigenvalue weighted by Crippen LogP contribution is 2.28. The molecule has 2 aromatic rings. The van der Waals surface area contributed by atoms with Gasteiger partial charge < -0.3 is 10.4 Å². The average molecular weight is 314 g/mol. The van der Waals surface area contributed by atoms with Crippen molar-refractivity contribution in [1.29, 1.82) is 0 Å². The van der Waals surface area contributed by atoms with Gasteiger partial charge in [-0.05, 0) is 47.7 Å². The number of thioether (sulfide) groups is 1. The molecule has 0 aromatic heterocycles. The molecule has 0 aliphatic carbocycles. The third kappa shape index (κ3) is 3.35. The fourth-order valence-corrected chi connectivity index (χ4v) is 2.75. The number of nitrogens with one attached hydrogen (secondary N) is 1. The molecule has 0 radical (unpaired) electrons. The lowest BCUT2D eigenvalue weighted by atomic mass is 10.2. The molecule has 0 atom stereocenters. The first-order chi connectivity index (χ1) is 10.6. The number of phenols is 1. The molecular weight excluding hydrogens is 303 g/mol. The second-order valence-electron chi connectivity index (χ2n) is 4.56. The minimum absolute atomic E-state index is 0.103. The SMILES string of the molecule is O=C1NC(=Nc2cccc(O)c2)SC1=Cc1cccc(F)c1. The van der Waals surface area contributed by atoms with Gasteiger partial charge in [-0.2, -0.15) is 0 Å². The molecule has 0 saturated carbocycles. The van der Waals surface area contributed by atoms with Crippen LogP contribution in [-0.4, -0.2) is 16.2 Å². The summed E-state index contributed by atoms with van der Waals surface area (Å²) in [5, 5.41) is 12.5. The first kappa shape index (κ1) is 14.3. The maximum atomic E-state index is 13.2. The number of carbonyl (C=O) groups excluding carboxylic acids is 1. The number of rotatable bonds is 2. The summed E-state index contributed by atoms with van der Waals surface area (Å²) in [6, 6.07) is 12.4. The number of carbonyl (C=O) groups is 1. The Morgan fingerprint density at radius 3 is 2.77 bits per heavy atom. The van der Waals surface area contributed by atoms with Crippen molar-refractivity contribution in [3.63, 3.8) is 0 Å². The molecule has 1 amide bonds. The van der Waals surface area contributed by atoms with E-state index in [0.717, 1.165) is 0 Å². The average Bonchev–Trinajstić information content (AvgIpc) is 2.79. The molecule has 2 N–H and O–H groups in total. The van der Waals surface area contributed by atoms with Crippen molar-refractivity contribution in [2.45, 2.75) is 0 Å². The van der Waals surface area contributed by atoms with Gasteiger partial charge in [-0.1, -0.05) is 18.2 Å². The van der Waals surface area contributed by atoms with Crippen LogP contribution in [0.2, 0.25) is 0 Å². The van der Waals surface area contributed by atoms with E-state index < -0.39 is 0 Å². The summed E-state index contributed by atoms with van der Waals surface area (Å²) in [5.74, 6) is -0.536. The zero-order valence-corrected chi connectivity index (χ0v) is 12.1. The quantitative estimate of drug-likeness (QED) is 0.835. The van der Waals surface area contributed by atoms with Crippen LogP contribution in [0.25, 0.3) is 6.08 Å². The lowest BCUT2D eigenvalue weighted by molar-refractivity contribution is -0.115. The number of aromatic hydroxyl groups is 1. The second-order valence-corrected chi connectivity index (χ2v) is 5.59. The number of amides is 1. The number of hydrogen-bond acceptors (Lipinski definition) is 4. The van der Waals surface area contributed by atoms with E-state index in [-0.39, 0.29) is 17.5 Å². The van der Waals surface area contributed by atoms with Gasteiger partial charge in [0.1, 0.15) is 11.6 Å². The predicted octanol–water partition coefficient (Wildman–Crippen LogP) is 3.42. The smallest absolute Gasteiger partial charge is 0.264 e. The number of aliphatic imine (C=N–C) groups is 1. The monoisotopic (exact) mass is 314 g/mol. The Kier molecular flexibility index (Phi) is 3.93. The van der Waals surface area contributed by atoms with Gasteiger partial charge in [0.05, 0.1) is 10.6 Å². The van der Waals surface area contributed by atoms with Crippen LogP contribution in [0, 0.1) is 5.82 Å². The Balaban J connectivity index is 1.84. The van der Waals surface area contributed by atoms with E-state index in [0.29, 0.717) is 21.3 Å². The Hall–Kier alpha value is -2.60. The van der Waals surface area contributed by atoms with Crippen molar-refractivity contribution >= 4 is 34.6 Å². The van der Waals surface area contributed by atoms with Gasteiger partial charge >= 0.3 is 0 Å². The van der Waals surface area contributed by atoms with Crippen LogP contribution in [0.15, 0.2) is 58.4 Å². The molecule has 2 aromatic carbocycles. The number of nitrogens with zero attached hydrogens (tertiary/aromatic N) is 1. The standard InChI is InChI=1S/C16H11FN2O2S/c17-11-4-1-3-10(7-11)8-14-15(21)19-16(22-14)18-12-5-2-6-13(20)9-12/h1-9,20H,(H,18,19,21). The highest BCUT2D eigenvalue weighted by atomic mass is 32.2. The summed E-state index contributed by atoms with van der Waals surface area (Å²) in [5.41, 5.74) is 1.14. The van der Waals surface area contributed by atoms with Crippen molar-refractivity contribution in [2.75, 3.05) is 0 Å².